The number of primary amides is 1. The minimum absolute atomic E-state index is 0.598. The fraction of sp³-hybridized carbons (Fsp3) is 0.727. The predicted molar refractivity (Wildman–Crippen MR) is 65.5 cm³/mol. The van der Waals surface area contributed by atoms with Gasteiger partial charge in [0, 0.05) is 5.41 Å². The zero-order valence-electron chi connectivity index (χ0n) is 9.81. The zero-order chi connectivity index (χ0) is 12.4. The van der Waals surface area contributed by atoms with Gasteiger partial charge in [0.2, 0.25) is 5.91 Å². The van der Waals surface area contributed by atoms with Gasteiger partial charge in [0.15, 0.2) is 9.84 Å². The van der Waals surface area contributed by atoms with Gasteiger partial charge in [-0.2, -0.15) is 0 Å². The average molecular weight is 247 g/mol. The van der Waals surface area contributed by atoms with Crippen molar-refractivity contribution in [2.24, 2.45) is 5.73 Å². The summed E-state index contributed by atoms with van der Waals surface area (Å²) in [4.78, 5) is 10.4. The molecule has 0 bridgehead atoms. The molecule has 0 radical (unpaired) electrons. The van der Waals surface area contributed by atoms with Crippen molar-refractivity contribution in [2.75, 3.05) is 5.75 Å². The molecule has 0 aromatic carbocycles. The number of rotatable bonds is 9. The minimum atomic E-state index is -3.43. The highest BCUT2D eigenvalue weighted by Gasteiger charge is 2.09. The number of allylic oxidation sites excluding steroid dienone is 1. The van der Waals surface area contributed by atoms with Gasteiger partial charge < -0.3 is 5.73 Å². The van der Waals surface area contributed by atoms with Gasteiger partial charge in [-0.05, 0) is 12.8 Å². The lowest BCUT2D eigenvalue weighted by Gasteiger charge is -1.96. The van der Waals surface area contributed by atoms with E-state index in [4.69, 9.17) is 5.73 Å². The monoisotopic (exact) mass is 247 g/mol. The molecule has 0 aliphatic heterocycles. The maximum Gasteiger partial charge on any atom is 0.232 e. The molecule has 5 heteroatoms. The van der Waals surface area contributed by atoms with Crippen molar-refractivity contribution in [3.63, 3.8) is 0 Å². The van der Waals surface area contributed by atoms with Crippen LogP contribution in [0.5, 0.6) is 0 Å². The summed E-state index contributed by atoms with van der Waals surface area (Å²) < 4.78 is 22.4. The number of sulfone groups is 1. The van der Waals surface area contributed by atoms with E-state index in [9.17, 15) is 13.2 Å². The maximum absolute atomic E-state index is 11.2. The van der Waals surface area contributed by atoms with E-state index in [1.165, 1.54) is 19.3 Å². The Morgan fingerprint density at radius 1 is 1.19 bits per heavy atom. The molecule has 2 N–H and O–H groups in total. The van der Waals surface area contributed by atoms with Crippen LogP contribution in [0.25, 0.3) is 0 Å². The molecule has 0 unspecified atom stereocenters. The van der Waals surface area contributed by atoms with Gasteiger partial charge >= 0.3 is 0 Å². The molecule has 0 fully saturated rings. The second-order valence-electron chi connectivity index (χ2n) is 3.85. The van der Waals surface area contributed by atoms with Crippen LogP contribution in [0, 0.1) is 0 Å². The number of hydrogen-bond acceptors (Lipinski definition) is 3. The lowest BCUT2D eigenvalue weighted by Crippen LogP contribution is -2.21. The Morgan fingerprint density at radius 3 is 2.38 bits per heavy atom. The van der Waals surface area contributed by atoms with E-state index in [2.05, 4.69) is 6.92 Å². The number of unbranched alkanes of at least 4 members (excludes halogenated alkanes) is 5. The molecular formula is C11H21NO3S. The normalized spacial score (nSPS) is 12.1. The van der Waals surface area contributed by atoms with Crippen molar-refractivity contribution >= 4 is 15.7 Å². The molecule has 0 saturated heterocycles. The molecule has 0 aromatic rings. The summed E-state index contributed by atoms with van der Waals surface area (Å²) in [6, 6.07) is 0. The lowest BCUT2D eigenvalue weighted by atomic mass is 10.1. The van der Waals surface area contributed by atoms with E-state index in [0.29, 0.717) is 0 Å². The van der Waals surface area contributed by atoms with Crippen molar-refractivity contribution in [1.82, 2.24) is 0 Å². The first-order valence-electron chi connectivity index (χ1n) is 5.65. The van der Waals surface area contributed by atoms with Crippen LogP contribution in [0.4, 0.5) is 0 Å². The molecule has 4 nitrogen and oxygen atoms in total. The van der Waals surface area contributed by atoms with Crippen LogP contribution < -0.4 is 5.73 Å². The highest BCUT2D eigenvalue weighted by molar-refractivity contribution is 7.94. The lowest BCUT2D eigenvalue weighted by molar-refractivity contribution is -0.115. The Hall–Kier alpha value is -0.840. The van der Waals surface area contributed by atoms with Crippen molar-refractivity contribution in [3.05, 3.63) is 11.5 Å². The Bertz CT molecular complexity index is 320. The highest BCUT2D eigenvalue weighted by atomic mass is 32.2. The third-order valence-corrected chi connectivity index (χ3v) is 3.42. The average Bonchev–Trinajstić information content (AvgIpc) is 2.14. The van der Waals surface area contributed by atoms with Crippen LogP contribution in [0.15, 0.2) is 11.5 Å². The fourth-order valence-corrected chi connectivity index (χ4v) is 2.25. The zero-order valence-corrected chi connectivity index (χ0v) is 10.6. The molecule has 1 amide bonds. The topological polar surface area (TPSA) is 77.2 Å². The maximum atomic E-state index is 11.2. The first kappa shape index (κ1) is 15.2. The van der Waals surface area contributed by atoms with Crippen molar-refractivity contribution in [1.29, 1.82) is 0 Å². The molecule has 0 saturated carbocycles. The number of nitrogens with two attached hydrogens (primary N) is 1. The first-order chi connectivity index (χ1) is 7.48. The highest BCUT2D eigenvalue weighted by Crippen LogP contribution is 2.06. The predicted octanol–water partition coefficient (Wildman–Crippen LogP) is 1.76. The molecule has 16 heavy (non-hydrogen) atoms. The largest absolute Gasteiger partial charge is 0.369 e. The summed E-state index contributed by atoms with van der Waals surface area (Å²) >= 11 is 0. The number of carbonyl (C=O) groups excluding carboxylic acids is 1. The standard InChI is InChI=1S/C11H21NO3S/c1-2-3-4-5-6-7-8-9-16(14,15)10-11(12)13/h8-9H,2-7,10H2,1H3,(H2,12,13)/b9-8-. The third-order valence-electron chi connectivity index (χ3n) is 2.12. The Kier molecular flexibility index (Phi) is 7.89. The van der Waals surface area contributed by atoms with E-state index in [1.54, 1.807) is 6.08 Å². The van der Waals surface area contributed by atoms with E-state index < -0.39 is 21.5 Å². The molecule has 0 aromatic heterocycles. The summed E-state index contributed by atoms with van der Waals surface area (Å²) in [6.07, 6.45) is 8.06. The number of carbonyl (C=O) groups is 1. The number of amides is 1. The van der Waals surface area contributed by atoms with E-state index in [0.717, 1.165) is 24.7 Å². The van der Waals surface area contributed by atoms with Gasteiger partial charge in [-0.3, -0.25) is 4.79 Å². The Morgan fingerprint density at radius 2 is 1.81 bits per heavy atom. The summed E-state index contributed by atoms with van der Waals surface area (Å²) in [6.45, 7) is 2.15. The van der Waals surface area contributed by atoms with E-state index >= 15 is 0 Å². The molecule has 0 heterocycles. The second-order valence-corrected chi connectivity index (χ2v) is 5.73. The molecule has 0 atom stereocenters. The summed E-state index contributed by atoms with van der Waals surface area (Å²) in [5, 5.41) is 1.09. The first-order valence-corrected chi connectivity index (χ1v) is 7.37. The SMILES string of the molecule is CCCCCCC/C=C\S(=O)(=O)CC(N)=O. The molecule has 94 valence electrons. The van der Waals surface area contributed by atoms with Crippen molar-refractivity contribution < 1.29 is 13.2 Å². The van der Waals surface area contributed by atoms with Gasteiger partial charge in [0.05, 0.1) is 0 Å². The number of hydrogen-bond donors (Lipinski definition) is 1. The van der Waals surface area contributed by atoms with Gasteiger partial charge in [0.25, 0.3) is 0 Å². The summed E-state index contributed by atoms with van der Waals surface area (Å²) in [5.74, 6) is -1.41. The van der Waals surface area contributed by atoms with Crippen LogP contribution in [0.3, 0.4) is 0 Å². The molecule has 0 spiro atoms. The molecular weight excluding hydrogens is 226 g/mol. The summed E-state index contributed by atoms with van der Waals surface area (Å²) in [7, 11) is -3.43. The molecule has 0 aliphatic rings. The van der Waals surface area contributed by atoms with Crippen LogP contribution in [0.2, 0.25) is 0 Å². The van der Waals surface area contributed by atoms with Crippen LogP contribution in [-0.2, 0) is 14.6 Å². The minimum Gasteiger partial charge on any atom is -0.369 e. The van der Waals surface area contributed by atoms with E-state index in [1.807, 2.05) is 0 Å². The van der Waals surface area contributed by atoms with Gasteiger partial charge in [0.1, 0.15) is 5.75 Å². The van der Waals surface area contributed by atoms with Crippen LogP contribution >= 0.6 is 0 Å². The molecule has 0 rings (SSSR count). The van der Waals surface area contributed by atoms with E-state index in [-0.39, 0.29) is 0 Å². The second kappa shape index (κ2) is 8.33. The van der Waals surface area contributed by atoms with Gasteiger partial charge in [-0.1, -0.05) is 38.7 Å². The third kappa shape index (κ3) is 9.71. The van der Waals surface area contributed by atoms with Gasteiger partial charge in [-0.15, -0.1) is 0 Å². The fourth-order valence-electron chi connectivity index (χ4n) is 1.33. The van der Waals surface area contributed by atoms with Crippen LogP contribution in [0.1, 0.15) is 45.4 Å². The quantitative estimate of drug-likeness (QED) is 0.631. The Balaban J connectivity index is 3.71. The van der Waals surface area contributed by atoms with Crippen molar-refractivity contribution in [2.45, 2.75) is 45.4 Å². The van der Waals surface area contributed by atoms with Gasteiger partial charge in [-0.25, -0.2) is 8.42 Å². The Labute approximate surface area is 97.8 Å². The smallest absolute Gasteiger partial charge is 0.232 e. The van der Waals surface area contributed by atoms with Crippen molar-refractivity contribution in [3.8, 4) is 0 Å². The summed E-state index contributed by atoms with van der Waals surface area (Å²) in [5.41, 5.74) is 4.81. The van der Waals surface area contributed by atoms with Crippen LogP contribution in [-0.4, -0.2) is 20.1 Å². The molecule has 0 aliphatic carbocycles.